The van der Waals surface area contributed by atoms with E-state index in [0.29, 0.717) is 25.4 Å². The van der Waals surface area contributed by atoms with E-state index in [1.165, 1.54) is 5.56 Å². The Morgan fingerprint density at radius 3 is 2.83 bits per heavy atom. The Morgan fingerprint density at radius 1 is 1.26 bits per heavy atom. The maximum atomic E-state index is 12.7. The van der Waals surface area contributed by atoms with Gasteiger partial charge in [-0.25, -0.2) is 9.97 Å². The largest absolute Gasteiger partial charge is 0.481 e. The number of fused-ring (bicyclic) bond motifs is 1. The summed E-state index contributed by atoms with van der Waals surface area (Å²) >= 11 is 0. The minimum Gasteiger partial charge on any atom is -0.481 e. The van der Waals surface area contributed by atoms with Gasteiger partial charge in [0.1, 0.15) is 5.82 Å². The average molecular weight is 484 g/mol. The molecule has 4 rings (SSSR count). The lowest BCUT2D eigenvalue weighted by atomic mass is 10.1. The number of aliphatic carboxylic acids is 1. The zero-order valence-corrected chi connectivity index (χ0v) is 20.7. The molecule has 35 heavy (non-hydrogen) atoms. The number of aryl methyl sites for hydroxylation is 1. The molecule has 9 nitrogen and oxygen atoms in total. The van der Waals surface area contributed by atoms with Crippen molar-refractivity contribution in [2.45, 2.75) is 70.5 Å². The number of carboxylic acids is 1. The first kappa shape index (κ1) is 26.4. The standard InChI is InChI=1S/C20H30N4O3.C6H7NO/c1-14-12-17(20(27)24(14)11-4-2-3-7-18(25)26)22-13-16-9-8-15-6-5-10-21-19(15)23-16;1-8-6-4-2-3-5-7-6/h8-9,14,17,22H,2-7,10-13H2,1H3,(H,21,23)(H,25,26);2-5H,1H3/t14-,17?;/m1./s1. The topological polar surface area (TPSA) is 117 Å². The molecule has 1 unspecified atom stereocenters. The quantitative estimate of drug-likeness (QED) is 0.441. The fourth-order valence-corrected chi connectivity index (χ4v) is 4.39. The van der Waals surface area contributed by atoms with Gasteiger partial charge in [0, 0.05) is 44.4 Å². The highest BCUT2D eigenvalue weighted by Crippen LogP contribution is 2.22. The van der Waals surface area contributed by atoms with E-state index in [1.807, 2.05) is 23.1 Å². The molecule has 1 saturated heterocycles. The molecule has 4 heterocycles. The molecule has 0 radical (unpaired) electrons. The second-order valence-electron chi connectivity index (χ2n) is 8.97. The van der Waals surface area contributed by atoms with E-state index in [1.54, 1.807) is 19.4 Å². The molecular formula is C26H37N5O4. The molecule has 9 heteroatoms. The van der Waals surface area contributed by atoms with Crippen molar-refractivity contribution in [3.05, 3.63) is 47.8 Å². The minimum atomic E-state index is -0.754. The number of aromatic nitrogens is 2. The number of hydrogen-bond acceptors (Lipinski definition) is 7. The number of amides is 1. The molecule has 190 valence electrons. The second kappa shape index (κ2) is 13.6. The third-order valence-electron chi connectivity index (χ3n) is 6.31. The van der Waals surface area contributed by atoms with Crippen LogP contribution in [0.1, 0.15) is 56.7 Å². The summed E-state index contributed by atoms with van der Waals surface area (Å²) in [6.45, 7) is 4.35. The van der Waals surface area contributed by atoms with Gasteiger partial charge >= 0.3 is 5.97 Å². The van der Waals surface area contributed by atoms with E-state index >= 15 is 0 Å². The molecule has 3 N–H and O–H groups in total. The third kappa shape index (κ3) is 8.20. The number of unbranched alkanes of at least 4 members (excludes halogenated alkanes) is 2. The van der Waals surface area contributed by atoms with E-state index in [-0.39, 0.29) is 24.4 Å². The summed E-state index contributed by atoms with van der Waals surface area (Å²) in [5.41, 5.74) is 2.22. The van der Waals surface area contributed by atoms with E-state index in [9.17, 15) is 9.59 Å². The first-order chi connectivity index (χ1) is 17.0. The van der Waals surface area contributed by atoms with Crippen LogP contribution in [-0.4, -0.2) is 64.1 Å². The Morgan fingerprint density at radius 2 is 2.11 bits per heavy atom. The number of nitrogens with zero attached hydrogens (tertiary/aromatic N) is 3. The predicted octanol–water partition coefficient (Wildman–Crippen LogP) is 3.25. The summed E-state index contributed by atoms with van der Waals surface area (Å²) in [6, 6.07) is 9.77. The molecule has 2 aliphatic heterocycles. The van der Waals surface area contributed by atoms with Gasteiger partial charge in [0.05, 0.1) is 18.8 Å². The average Bonchev–Trinajstić information content (AvgIpc) is 3.15. The minimum absolute atomic E-state index is 0.150. The van der Waals surface area contributed by atoms with Gasteiger partial charge in [0.25, 0.3) is 0 Å². The zero-order valence-electron chi connectivity index (χ0n) is 20.7. The SMILES string of the molecule is COc1ccccn1.C[C@@H]1CC(NCc2ccc3c(n2)NCCC3)C(=O)N1CCCCCC(=O)O. The Balaban J connectivity index is 0.000000363. The van der Waals surface area contributed by atoms with Crippen molar-refractivity contribution in [2.24, 2.45) is 0 Å². The molecule has 1 amide bonds. The maximum Gasteiger partial charge on any atom is 0.303 e. The van der Waals surface area contributed by atoms with Crippen molar-refractivity contribution in [1.82, 2.24) is 20.2 Å². The van der Waals surface area contributed by atoms with E-state index in [4.69, 9.17) is 9.84 Å². The van der Waals surface area contributed by atoms with Crippen LogP contribution in [0.3, 0.4) is 0 Å². The van der Waals surface area contributed by atoms with Gasteiger partial charge in [0.15, 0.2) is 0 Å². The molecule has 1 fully saturated rings. The van der Waals surface area contributed by atoms with Gasteiger partial charge in [-0.15, -0.1) is 0 Å². The molecule has 2 aliphatic rings. The van der Waals surface area contributed by atoms with E-state index in [2.05, 4.69) is 33.6 Å². The lowest BCUT2D eigenvalue weighted by molar-refractivity contribution is -0.137. The van der Waals surface area contributed by atoms with Crippen molar-refractivity contribution >= 4 is 17.7 Å². The van der Waals surface area contributed by atoms with Crippen LogP contribution in [0.15, 0.2) is 36.5 Å². The van der Waals surface area contributed by atoms with E-state index < -0.39 is 5.97 Å². The number of ether oxygens (including phenoxy) is 1. The number of likely N-dealkylation sites (tertiary alicyclic amines) is 1. The molecule has 0 bridgehead atoms. The highest BCUT2D eigenvalue weighted by atomic mass is 16.5. The Labute approximate surface area is 207 Å². The lowest BCUT2D eigenvalue weighted by Gasteiger charge is -2.21. The van der Waals surface area contributed by atoms with Crippen LogP contribution in [0.25, 0.3) is 0 Å². The Hall–Kier alpha value is -3.20. The number of carbonyl (C=O) groups is 2. The van der Waals surface area contributed by atoms with Crippen molar-refractivity contribution in [2.75, 3.05) is 25.5 Å². The fraction of sp³-hybridized carbons (Fsp3) is 0.538. The number of pyridine rings is 2. The lowest BCUT2D eigenvalue weighted by Crippen LogP contribution is -2.39. The second-order valence-corrected chi connectivity index (χ2v) is 8.97. The first-order valence-electron chi connectivity index (χ1n) is 12.4. The van der Waals surface area contributed by atoms with Crippen LogP contribution >= 0.6 is 0 Å². The van der Waals surface area contributed by atoms with Gasteiger partial charge < -0.3 is 25.4 Å². The normalized spacial score (nSPS) is 18.8. The molecule has 2 aromatic rings. The Bertz CT molecular complexity index is 956. The monoisotopic (exact) mass is 483 g/mol. The van der Waals surface area contributed by atoms with Crippen molar-refractivity contribution in [1.29, 1.82) is 0 Å². The van der Waals surface area contributed by atoms with E-state index in [0.717, 1.165) is 50.2 Å². The number of hydrogen-bond donors (Lipinski definition) is 3. The number of rotatable bonds is 10. The smallest absolute Gasteiger partial charge is 0.303 e. The van der Waals surface area contributed by atoms with Crippen molar-refractivity contribution in [3.8, 4) is 5.88 Å². The summed E-state index contributed by atoms with van der Waals surface area (Å²) in [4.78, 5) is 33.7. The number of carbonyl (C=O) groups excluding carboxylic acids is 1. The molecule has 2 aromatic heterocycles. The number of nitrogens with one attached hydrogen (secondary N) is 2. The summed E-state index contributed by atoms with van der Waals surface area (Å²) in [5.74, 6) is 1.04. The van der Waals surface area contributed by atoms with Gasteiger partial charge in [0.2, 0.25) is 11.8 Å². The number of methoxy groups -OCH3 is 1. The molecular weight excluding hydrogens is 446 g/mol. The van der Waals surface area contributed by atoms with Crippen LogP contribution < -0.4 is 15.4 Å². The summed E-state index contributed by atoms with van der Waals surface area (Å²) < 4.78 is 4.80. The zero-order chi connectivity index (χ0) is 25.0. The van der Waals surface area contributed by atoms with Crippen LogP contribution in [-0.2, 0) is 22.6 Å². The Kier molecular flexibility index (Phi) is 10.3. The molecule has 0 aliphatic carbocycles. The first-order valence-corrected chi connectivity index (χ1v) is 12.4. The highest BCUT2D eigenvalue weighted by molar-refractivity contribution is 5.84. The van der Waals surface area contributed by atoms with Gasteiger partial charge in [-0.3, -0.25) is 9.59 Å². The van der Waals surface area contributed by atoms with Gasteiger partial charge in [-0.2, -0.15) is 0 Å². The molecule has 0 aromatic carbocycles. The van der Waals surface area contributed by atoms with Crippen LogP contribution in [0.5, 0.6) is 5.88 Å². The molecule has 2 atom stereocenters. The third-order valence-corrected chi connectivity index (χ3v) is 6.31. The maximum absolute atomic E-state index is 12.7. The van der Waals surface area contributed by atoms with Crippen molar-refractivity contribution in [3.63, 3.8) is 0 Å². The van der Waals surface area contributed by atoms with Crippen LogP contribution in [0.4, 0.5) is 5.82 Å². The summed E-state index contributed by atoms with van der Waals surface area (Å²) in [6.07, 6.45) is 7.29. The summed E-state index contributed by atoms with van der Waals surface area (Å²) in [7, 11) is 1.60. The van der Waals surface area contributed by atoms with Crippen molar-refractivity contribution < 1.29 is 19.4 Å². The fourth-order valence-electron chi connectivity index (χ4n) is 4.39. The molecule has 0 spiro atoms. The van der Waals surface area contributed by atoms with Gasteiger partial charge in [-0.1, -0.05) is 18.6 Å². The van der Waals surface area contributed by atoms with Crippen LogP contribution in [0, 0.1) is 0 Å². The van der Waals surface area contributed by atoms with Crippen LogP contribution in [0.2, 0.25) is 0 Å². The summed E-state index contributed by atoms with van der Waals surface area (Å²) in [5, 5.41) is 15.4. The predicted molar refractivity (Wildman–Crippen MR) is 134 cm³/mol. The number of anilines is 1. The molecule has 0 saturated carbocycles. The number of carboxylic acid groups (broad SMARTS) is 1. The highest BCUT2D eigenvalue weighted by Gasteiger charge is 2.36. The van der Waals surface area contributed by atoms with Gasteiger partial charge in [-0.05, 0) is 56.7 Å².